The van der Waals surface area contributed by atoms with Crippen LogP contribution in [0.2, 0.25) is 0 Å². The zero-order chi connectivity index (χ0) is 24.5. The molecular formula is C30H31NO3S. The average molecular weight is 486 g/mol. The lowest BCUT2D eigenvalue weighted by molar-refractivity contribution is 0.103. The summed E-state index contributed by atoms with van der Waals surface area (Å²) in [5, 5.41) is 10.8. The number of likely N-dealkylation sites (tertiary alicyclic amines) is 1. The van der Waals surface area contributed by atoms with Crippen LogP contribution in [0.3, 0.4) is 0 Å². The molecule has 4 nitrogen and oxygen atoms in total. The number of thiophene rings is 1. The molecule has 3 aromatic carbocycles. The highest BCUT2D eigenvalue weighted by Crippen LogP contribution is 2.43. The van der Waals surface area contributed by atoms with Crippen molar-refractivity contribution >= 4 is 27.2 Å². The third-order valence-electron chi connectivity index (χ3n) is 6.91. The Morgan fingerprint density at radius 1 is 1.09 bits per heavy atom. The minimum absolute atomic E-state index is 0.0484. The predicted molar refractivity (Wildman–Crippen MR) is 143 cm³/mol. The number of benzene rings is 3. The van der Waals surface area contributed by atoms with Gasteiger partial charge < -0.3 is 14.7 Å². The second-order valence-electron chi connectivity index (χ2n) is 9.73. The van der Waals surface area contributed by atoms with Crippen LogP contribution in [0.15, 0.2) is 60.7 Å². The highest BCUT2D eigenvalue weighted by Gasteiger charge is 2.24. The summed E-state index contributed by atoms with van der Waals surface area (Å²) in [6, 6.07) is 19.2. The highest BCUT2D eigenvalue weighted by molar-refractivity contribution is 7.21. The minimum Gasteiger partial charge on any atom is -0.508 e. The summed E-state index contributed by atoms with van der Waals surface area (Å²) in [6.07, 6.45) is 2.31. The molecule has 0 radical (unpaired) electrons. The van der Waals surface area contributed by atoms with Crippen LogP contribution in [0.1, 0.15) is 45.3 Å². The molecule has 5 heteroatoms. The smallest absolute Gasteiger partial charge is 0.207 e. The lowest BCUT2D eigenvalue weighted by Gasteiger charge is -2.15. The molecular weight excluding hydrogens is 454 g/mol. The van der Waals surface area contributed by atoms with Crippen molar-refractivity contribution in [3.63, 3.8) is 0 Å². The number of fused-ring (bicyclic) bond motifs is 1. The number of carbonyl (C=O) groups is 1. The van der Waals surface area contributed by atoms with Gasteiger partial charge in [-0.15, -0.1) is 11.3 Å². The molecule has 1 fully saturated rings. The number of aryl methyl sites for hydroxylation is 2. The molecule has 0 spiro atoms. The van der Waals surface area contributed by atoms with Gasteiger partial charge in [-0.05, 0) is 86.2 Å². The van der Waals surface area contributed by atoms with Crippen molar-refractivity contribution in [3.8, 4) is 17.2 Å². The third kappa shape index (κ3) is 4.97. The summed E-state index contributed by atoms with van der Waals surface area (Å²) < 4.78 is 7.19. The van der Waals surface area contributed by atoms with Gasteiger partial charge in [0.05, 0.1) is 0 Å². The van der Waals surface area contributed by atoms with E-state index in [1.54, 1.807) is 12.1 Å². The standard InChI is InChI=1S/C30H31NO3S/c1-19-13-15-31(18-19)16-14-22-7-10-24(11-8-22)34-29-25-12-9-23(32)17-26(25)35-30(29)28(33)27-20(2)5-4-6-21(27)3/h4-12,17,19,32H,13-16,18H2,1-3H3/t19-/m1/s1. The average Bonchev–Trinajstić information content (AvgIpc) is 3.41. The molecule has 1 atom stereocenters. The van der Waals surface area contributed by atoms with E-state index < -0.39 is 0 Å². The van der Waals surface area contributed by atoms with Crippen molar-refractivity contribution in [1.29, 1.82) is 0 Å². The van der Waals surface area contributed by atoms with Crippen molar-refractivity contribution in [2.24, 2.45) is 5.92 Å². The van der Waals surface area contributed by atoms with Crippen molar-refractivity contribution in [1.82, 2.24) is 4.90 Å². The van der Waals surface area contributed by atoms with Crippen molar-refractivity contribution in [3.05, 3.63) is 87.8 Å². The molecule has 5 rings (SSSR count). The van der Waals surface area contributed by atoms with Gasteiger partial charge in [0.25, 0.3) is 0 Å². The fourth-order valence-electron chi connectivity index (χ4n) is 4.96. The fraction of sp³-hybridized carbons (Fsp3) is 0.300. The van der Waals surface area contributed by atoms with E-state index in [-0.39, 0.29) is 11.5 Å². The first kappa shape index (κ1) is 23.6. The Morgan fingerprint density at radius 2 is 1.83 bits per heavy atom. The monoisotopic (exact) mass is 485 g/mol. The van der Waals surface area contributed by atoms with E-state index in [2.05, 4.69) is 24.0 Å². The largest absolute Gasteiger partial charge is 0.508 e. The number of aromatic hydroxyl groups is 1. The molecule has 1 saturated heterocycles. The van der Waals surface area contributed by atoms with Crippen LogP contribution in [-0.2, 0) is 6.42 Å². The van der Waals surface area contributed by atoms with Gasteiger partial charge in [0.1, 0.15) is 16.4 Å². The topological polar surface area (TPSA) is 49.8 Å². The van der Waals surface area contributed by atoms with Crippen LogP contribution in [0.25, 0.3) is 10.1 Å². The number of phenolic OH excluding ortho intramolecular Hbond substituents is 1. The summed E-state index contributed by atoms with van der Waals surface area (Å²) >= 11 is 1.36. The molecule has 35 heavy (non-hydrogen) atoms. The lowest BCUT2D eigenvalue weighted by Crippen LogP contribution is -2.22. The van der Waals surface area contributed by atoms with Crippen LogP contribution in [0.4, 0.5) is 0 Å². The SMILES string of the molecule is Cc1cccc(C)c1C(=O)c1sc2cc(O)ccc2c1Oc1ccc(CCN2CC[C@@H](C)C2)cc1. The van der Waals surface area contributed by atoms with E-state index >= 15 is 0 Å². The quantitative estimate of drug-likeness (QED) is 0.283. The molecule has 180 valence electrons. The van der Waals surface area contributed by atoms with Crippen molar-refractivity contribution in [2.45, 2.75) is 33.6 Å². The Bertz CT molecular complexity index is 1350. The Labute approximate surface area is 210 Å². The van der Waals surface area contributed by atoms with Gasteiger partial charge in [-0.1, -0.05) is 37.3 Å². The van der Waals surface area contributed by atoms with Crippen molar-refractivity contribution < 1.29 is 14.6 Å². The maximum Gasteiger partial charge on any atom is 0.207 e. The van der Waals surface area contributed by atoms with E-state index in [9.17, 15) is 9.90 Å². The van der Waals surface area contributed by atoms with Gasteiger partial charge in [-0.3, -0.25) is 4.79 Å². The van der Waals surface area contributed by atoms with Gasteiger partial charge in [-0.25, -0.2) is 0 Å². The Kier molecular flexibility index (Phi) is 6.63. The number of nitrogens with zero attached hydrogens (tertiary/aromatic N) is 1. The molecule has 1 aromatic heterocycles. The fourth-order valence-corrected chi connectivity index (χ4v) is 6.07. The van der Waals surface area contributed by atoms with Crippen LogP contribution in [0.5, 0.6) is 17.2 Å². The molecule has 2 heterocycles. The number of phenols is 1. The third-order valence-corrected chi connectivity index (χ3v) is 8.04. The van der Waals surface area contributed by atoms with Gasteiger partial charge in [0.15, 0.2) is 5.75 Å². The van der Waals surface area contributed by atoms with E-state index in [4.69, 9.17) is 4.74 Å². The number of ether oxygens (including phenoxy) is 1. The molecule has 0 unspecified atom stereocenters. The highest BCUT2D eigenvalue weighted by atomic mass is 32.1. The lowest BCUT2D eigenvalue weighted by atomic mass is 9.98. The summed E-state index contributed by atoms with van der Waals surface area (Å²) in [7, 11) is 0. The van der Waals surface area contributed by atoms with Crippen LogP contribution < -0.4 is 4.74 Å². The number of hydrogen-bond donors (Lipinski definition) is 1. The second kappa shape index (κ2) is 9.84. The minimum atomic E-state index is -0.0484. The number of carbonyl (C=O) groups excluding carboxylic acids is 1. The van der Waals surface area contributed by atoms with E-state index in [0.29, 0.717) is 21.9 Å². The van der Waals surface area contributed by atoms with Crippen LogP contribution in [-0.4, -0.2) is 35.4 Å². The first-order chi connectivity index (χ1) is 16.9. The normalized spacial score (nSPS) is 16.1. The number of rotatable bonds is 7. The van der Waals surface area contributed by atoms with Crippen LogP contribution >= 0.6 is 11.3 Å². The van der Waals surface area contributed by atoms with Gasteiger partial charge >= 0.3 is 0 Å². The van der Waals surface area contributed by atoms with E-state index in [1.807, 2.05) is 50.2 Å². The maximum absolute atomic E-state index is 13.7. The van der Waals surface area contributed by atoms with Gasteiger partial charge in [-0.2, -0.15) is 0 Å². The zero-order valence-electron chi connectivity index (χ0n) is 20.5. The Hall–Kier alpha value is -3.15. The van der Waals surface area contributed by atoms with Crippen molar-refractivity contribution in [2.75, 3.05) is 19.6 Å². The molecule has 0 amide bonds. The maximum atomic E-state index is 13.7. The number of hydrogen-bond acceptors (Lipinski definition) is 5. The van der Waals surface area contributed by atoms with Gasteiger partial charge in [0.2, 0.25) is 5.78 Å². The Morgan fingerprint density at radius 3 is 2.51 bits per heavy atom. The van der Waals surface area contributed by atoms with Gasteiger partial charge in [0, 0.05) is 28.7 Å². The first-order valence-electron chi connectivity index (χ1n) is 12.2. The molecule has 0 saturated carbocycles. The molecule has 0 bridgehead atoms. The van der Waals surface area contributed by atoms with E-state index in [1.165, 1.54) is 36.4 Å². The number of ketones is 1. The summed E-state index contributed by atoms with van der Waals surface area (Å²) in [6.45, 7) is 9.71. The predicted octanol–water partition coefficient (Wildman–Crippen LogP) is 7.13. The molecule has 0 aliphatic carbocycles. The molecule has 4 aromatic rings. The van der Waals surface area contributed by atoms with E-state index in [0.717, 1.165) is 40.1 Å². The first-order valence-corrected chi connectivity index (χ1v) is 13.1. The Balaban J connectivity index is 1.43. The van der Waals surface area contributed by atoms with Crippen LogP contribution in [0, 0.1) is 19.8 Å². The second-order valence-corrected chi connectivity index (χ2v) is 10.8. The summed E-state index contributed by atoms with van der Waals surface area (Å²) in [5.74, 6) is 2.18. The summed E-state index contributed by atoms with van der Waals surface area (Å²) in [5.41, 5.74) is 3.87. The zero-order valence-corrected chi connectivity index (χ0v) is 21.3. The molecule has 1 aliphatic rings. The molecule has 1 N–H and O–H groups in total. The molecule has 1 aliphatic heterocycles. The summed E-state index contributed by atoms with van der Waals surface area (Å²) in [4.78, 5) is 16.8.